The molecule has 1 aromatic carbocycles. The zero-order chi connectivity index (χ0) is 17.3. The summed E-state index contributed by atoms with van der Waals surface area (Å²) in [5.74, 6) is -0.0733. The van der Waals surface area contributed by atoms with Crippen LogP contribution in [0.25, 0.3) is 10.9 Å². The molecule has 2 heterocycles. The maximum Gasteiger partial charge on any atom is 0.252 e. The first-order valence-electron chi connectivity index (χ1n) is 8.13. The van der Waals surface area contributed by atoms with Crippen molar-refractivity contribution in [1.82, 2.24) is 20.5 Å². The van der Waals surface area contributed by atoms with E-state index in [1.165, 1.54) is 0 Å². The maximum atomic E-state index is 12.8. The second-order valence-corrected chi connectivity index (χ2v) is 6.40. The molecule has 2 aromatic heterocycles. The number of aryl methyl sites for hydroxylation is 3. The summed E-state index contributed by atoms with van der Waals surface area (Å²) < 4.78 is 0. The zero-order valence-electron chi connectivity index (χ0n) is 14.5. The molecule has 0 aliphatic carbocycles. The summed E-state index contributed by atoms with van der Waals surface area (Å²) in [5, 5.41) is 11.1. The van der Waals surface area contributed by atoms with Gasteiger partial charge in [-0.2, -0.15) is 5.10 Å². The molecular weight excluding hydrogens is 300 g/mol. The topological polar surface area (TPSA) is 70.7 Å². The van der Waals surface area contributed by atoms with Crippen molar-refractivity contribution in [3.8, 4) is 0 Å². The molecule has 1 amide bonds. The predicted octanol–water partition coefficient (Wildman–Crippen LogP) is 3.24. The minimum absolute atomic E-state index is 0.00599. The lowest BCUT2D eigenvalue weighted by atomic mass is 10.0. The van der Waals surface area contributed by atoms with Crippen molar-refractivity contribution in [1.29, 1.82) is 0 Å². The van der Waals surface area contributed by atoms with E-state index in [-0.39, 0.29) is 11.9 Å². The number of benzene rings is 1. The molecular formula is C19H22N4O. The fourth-order valence-electron chi connectivity index (χ4n) is 2.95. The number of nitrogens with one attached hydrogen (secondary N) is 2. The van der Waals surface area contributed by atoms with Gasteiger partial charge in [0.1, 0.15) is 0 Å². The number of H-pyrrole nitrogens is 1. The van der Waals surface area contributed by atoms with Gasteiger partial charge in [-0.15, -0.1) is 0 Å². The van der Waals surface area contributed by atoms with Gasteiger partial charge in [0.15, 0.2) is 0 Å². The highest BCUT2D eigenvalue weighted by molar-refractivity contribution is 6.06. The molecule has 0 saturated heterocycles. The predicted molar refractivity (Wildman–Crippen MR) is 95.2 cm³/mol. The fourth-order valence-corrected chi connectivity index (χ4v) is 2.95. The third kappa shape index (κ3) is 3.30. The lowest BCUT2D eigenvalue weighted by Gasteiger charge is -2.15. The SMILES string of the molecule is Cc1cc(C(=O)N[C@H](C)Cc2cc(C)[nH]n2)c2cccc(C)c2n1. The van der Waals surface area contributed by atoms with Gasteiger partial charge < -0.3 is 5.32 Å². The van der Waals surface area contributed by atoms with E-state index in [1.807, 2.05) is 58.0 Å². The van der Waals surface area contributed by atoms with E-state index in [0.717, 1.165) is 33.5 Å². The second kappa shape index (κ2) is 6.43. The van der Waals surface area contributed by atoms with Crippen LogP contribution in [0.2, 0.25) is 0 Å². The Morgan fingerprint density at radius 1 is 1.25 bits per heavy atom. The molecule has 3 aromatic rings. The first kappa shape index (κ1) is 16.2. The molecule has 0 radical (unpaired) electrons. The number of pyridine rings is 1. The quantitative estimate of drug-likeness (QED) is 0.774. The number of carbonyl (C=O) groups is 1. The van der Waals surface area contributed by atoms with Crippen LogP contribution in [0.5, 0.6) is 0 Å². The van der Waals surface area contributed by atoms with Gasteiger partial charge in [-0.3, -0.25) is 14.9 Å². The average molecular weight is 322 g/mol. The van der Waals surface area contributed by atoms with E-state index in [9.17, 15) is 4.79 Å². The largest absolute Gasteiger partial charge is 0.349 e. The number of fused-ring (bicyclic) bond motifs is 1. The Morgan fingerprint density at radius 2 is 2.04 bits per heavy atom. The Kier molecular flexibility index (Phi) is 4.34. The molecule has 1 atom stereocenters. The van der Waals surface area contributed by atoms with Crippen LogP contribution in [-0.2, 0) is 6.42 Å². The summed E-state index contributed by atoms with van der Waals surface area (Å²) in [6.45, 7) is 7.88. The van der Waals surface area contributed by atoms with Crippen LogP contribution in [0.4, 0.5) is 0 Å². The maximum absolute atomic E-state index is 12.8. The van der Waals surface area contributed by atoms with Crippen LogP contribution in [0.15, 0.2) is 30.3 Å². The van der Waals surface area contributed by atoms with Crippen LogP contribution in [0.1, 0.15) is 39.9 Å². The van der Waals surface area contributed by atoms with Crippen LogP contribution < -0.4 is 5.32 Å². The molecule has 2 N–H and O–H groups in total. The van der Waals surface area contributed by atoms with Crippen molar-refractivity contribution in [3.05, 3.63) is 58.5 Å². The molecule has 0 aliphatic heterocycles. The Bertz CT molecular complexity index is 898. The number of carbonyl (C=O) groups excluding carboxylic acids is 1. The fraction of sp³-hybridized carbons (Fsp3) is 0.316. The number of amides is 1. The smallest absolute Gasteiger partial charge is 0.252 e. The molecule has 0 unspecified atom stereocenters. The van der Waals surface area contributed by atoms with Gasteiger partial charge in [0.2, 0.25) is 0 Å². The van der Waals surface area contributed by atoms with E-state index >= 15 is 0 Å². The van der Waals surface area contributed by atoms with Crippen molar-refractivity contribution < 1.29 is 4.79 Å². The summed E-state index contributed by atoms with van der Waals surface area (Å²) >= 11 is 0. The lowest BCUT2D eigenvalue weighted by Crippen LogP contribution is -2.34. The third-order valence-corrected chi connectivity index (χ3v) is 4.07. The van der Waals surface area contributed by atoms with Gasteiger partial charge in [0, 0.05) is 29.2 Å². The van der Waals surface area contributed by atoms with Crippen LogP contribution in [0.3, 0.4) is 0 Å². The van der Waals surface area contributed by atoms with Gasteiger partial charge in [0.05, 0.1) is 16.8 Å². The Morgan fingerprint density at radius 3 is 2.75 bits per heavy atom. The van der Waals surface area contributed by atoms with Crippen LogP contribution in [-0.4, -0.2) is 27.1 Å². The van der Waals surface area contributed by atoms with E-state index in [2.05, 4.69) is 20.5 Å². The van der Waals surface area contributed by atoms with Gasteiger partial charge in [0.25, 0.3) is 5.91 Å². The highest BCUT2D eigenvalue weighted by atomic mass is 16.1. The van der Waals surface area contributed by atoms with Crippen molar-refractivity contribution in [3.63, 3.8) is 0 Å². The minimum atomic E-state index is -0.0733. The van der Waals surface area contributed by atoms with Crippen LogP contribution >= 0.6 is 0 Å². The molecule has 0 saturated carbocycles. The summed E-state index contributed by atoms with van der Waals surface area (Å²) in [7, 11) is 0. The number of nitrogens with zero attached hydrogens (tertiary/aromatic N) is 2. The normalized spacial score (nSPS) is 12.3. The van der Waals surface area contributed by atoms with E-state index < -0.39 is 0 Å². The molecule has 0 spiro atoms. The first-order valence-corrected chi connectivity index (χ1v) is 8.13. The van der Waals surface area contributed by atoms with Crippen molar-refractivity contribution in [2.45, 2.75) is 40.2 Å². The zero-order valence-corrected chi connectivity index (χ0v) is 14.5. The van der Waals surface area contributed by atoms with E-state index in [1.54, 1.807) is 0 Å². The number of aromatic amines is 1. The molecule has 0 bridgehead atoms. The second-order valence-electron chi connectivity index (χ2n) is 6.40. The first-order chi connectivity index (χ1) is 11.4. The number of hydrogen-bond donors (Lipinski definition) is 2. The standard InChI is InChI=1S/C19H22N4O/c1-11-6-5-7-16-17(10-13(3)20-18(11)16)19(24)21-12(2)8-15-9-14(4)22-23-15/h5-7,9-10,12H,8H2,1-4H3,(H,21,24)(H,22,23)/t12-/m1/s1. The lowest BCUT2D eigenvalue weighted by molar-refractivity contribution is 0.0941. The number of rotatable bonds is 4. The minimum Gasteiger partial charge on any atom is -0.349 e. The van der Waals surface area contributed by atoms with Gasteiger partial charge in [-0.25, -0.2) is 0 Å². The van der Waals surface area contributed by atoms with E-state index in [0.29, 0.717) is 12.0 Å². The van der Waals surface area contributed by atoms with E-state index in [4.69, 9.17) is 0 Å². The highest BCUT2D eigenvalue weighted by Crippen LogP contribution is 2.21. The molecule has 124 valence electrons. The van der Waals surface area contributed by atoms with Gasteiger partial charge in [-0.1, -0.05) is 18.2 Å². The molecule has 3 rings (SSSR count). The van der Waals surface area contributed by atoms with Gasteiger partial charge >= 0.3 is 0 Å². The summed E-state index contributed by atoms with van der Waals surface area (Å²) in [4.78, 5) is 17.3. The number of hydrogen-bond acceptors (Lipinski definition) is 3. The Labute approximate surface area is 141 Å². The monoisotopic (exact) mass is 322 g/mol. The highest BCUT2D eigenvalue weighted by Gasteiger charge is 2.16. The molecule has 24 heavy (non-hydrogen) atoms. The third-order valence-electron chi connectivity index (χ3n) is 4.07. The average Bonchev–Trinajstić information content (AvgIpc) is 2.92. The summed E-state index contributed by atoms with van der Waals surface area (Å²) in [5.41, 5.74) is 5.45. The van der Waals surface area contributed by atoms with Crippen molar-refractivity contribution in [2.24, 2.45) is 0 Å². The Hall–Kier alpha value is -2.69. The van der Waals surface area contributed by atoms with Crippen LogP contribution in [0, 0.1) is 20.8 Å². The molecule has 5 heteroatoms. The number of para-hydroxylation sites is 1. The Balaban J connectivity index is 1.84. The molecule has 0 fully saturated rings. The summed E-state index contributed by atoms with van der Waals surface area (Å²) in [6, 6.07) is 9.76. The molecule has 0 aliphatic rings. The number of aromatic nitrogens is 3. The van der Waals surface area contributed by atoms with Crippen molar-refractivity contribution in [2.75, 3.05) is 0 Å². The molecule has 5 nitrogen and oxygen atoms in total. The summed E-state index contributed by atoms with van der Waals surface area (Å²) in [6.07, 6.45) is 0.692. The van der Waals surface area contributed by atoms with Gasteiger partial charge in [-0.05, 0) is 45.4 Å². The van der Waals surface area contributed by atoms with Crippen molar-refractivity contribution >= 4 is 16.8 Å².